The maximum Gasteiger partial charge on any atom is 0.139 e. The highest BCUT2D eigenvalue weighted by Crippen LogP contribution is 2.37. The summed E-state index contributed by atoms with van der Waals surface area (Å²) in [6.07, 6.45) is 10.2. The van der Waals surface area contributed by atoms with Gasteiger partial charge in [-0.15, -0.1) is 0 Å². The van der Waals surface area contributed by atoms with Crippen molar-refractivity contribution in [3.05, 3.63) is 0 Å². The second kappa shape index (κ2) is 12.1. The summed E-state index contributed by atoms with van der Waals surface area (Å²) in [6.45, 7) is 6.11. The van der Waals surface area contributed by atoms with Crippen molar-refractivity contribution in [2.75, 3.05) is 0 Å². The van der Waals surface area contributed by atoms with Crippen molar-refractivity contribution in [2.24, 2.45) is 11.8 Å². The molecule has 0 radical (unpaired) electrons. The van der Waals surface area contributed by atoms with Crippen LogP contribution >= 0.6 is 0 Å². The molecule has 0 aliphatic heterocycles. The Kier molecular flexibility index (Phi) is 11.0. The molecular formula is C22H42O4. The third-order valence-electron chi connectivity index (χ3n) is 6.09. The first-order valence-electron chi connectivity index (χ1n) is 10.9. The van der Waals surface area contributed by atoms with Crippen molar-refractivity contribution in [1.82, 2.24) is 0 Å². The van der Waals surface area contributed by atoms with Gasteiger partial charge in [0.15, 0.2) is 0 Å². The largest absolute Gasteiger partial charge is 0.393 e. The number of rotatable bonds is 14. The van der Waals surface area contributed by atoms with Gasteiger partial charge in [-0.25, -0.2) is 0 Å². The summed E-state index contributed by atoms with van der Waals surface area (Å²) in [4.78, 5) is 12.3. The van der Waals surface area contributed by atoms with Gasteiger partial charge < -0.3 is 15.3 Å². The Bertz CT molecular complexity index is 394. The summed E-state index contributed by atoms with van der Waals surface area (Å²) in [7, 11) is 0. The molecule has 0 bridgehead atoms. The minimum absolute atomic E-state index is 0.104. The molecule has 1 aliphatic rings. The molecular weight excluding hydrogens is 328 g/mol. The minimum Gasteiger partial charge on any atom is -0.393 e. The minimum atomic E-state index is -0.778. The molecule has 3 N–H and O–H groups in total. The molecule has 2 unspecified atom stereocenters. The average Bonchev–Trinajstić information content (AvgIpc) is 2.87. The lowest BCUT2D eigenvalue weighted by atomic mass is 9.81. The highest BCUT2D eigenvalue weighted by Gasteiger charge is 2.44. The molecule has 0 amide bonds. The second-order valence-corrected chi connectivity index (χ2v) is 8.68. The summed E-state index contributed by atoms with van der Waals surface area (Å²) in [5.74, 6) is -0.472. The number of aliphatic hydroxyl groups excluding tert-OH is 2. The number of ketones is 1. The Labute approximate surface area is 160 Å². The van der Waals surface area contributed by atoms with Crippen LogP contribution in [0.3, 0.4) is 0 Å². The number of unbranched alkanes of at least 4 members (excludes halogenated alkanes) is 6. The van der Waals surface area contributed by atoms with E-state index in [4.69, 9.17) is 0 Å². The Balaban J connectivity index is 2.48. The standard InChI is InChI=1S/C22H42O4/c1-4-6-8-9-10-11-12-17-19(24)16-20(25)21(17)18(23)13-15-22(3,26)14-7-5-2/h17-18,20-21,23,25-26H,4-16H2,1-3H3/t17-,18?,20+,21-,22?/m0/s1. The summed E-state index contributed by atoms with van der Waals surface area (Å²) in [5, 5.41) is 31.4. The fraction of sp³-hybridized carbons (Fsp3) is 0.955. The van der Waals surface area contributed by atoms with Gasteiger partial charge >= 0.3 is 0 Å². The van der Waals surface area contributed by atoms with E-state index in [9.17, 15) is 20.1 Å². The van der Waals surface area contributed by atoms with Gasteiger partial charge in [0.1, 0.15) is 5.78 Å². The first-order chi connectivity index (χ1) is 12.3. The van der Waals surface area contributed by atoms with Gasteiger partial charge in [0, 0.05) is 18.3 Å². The molecule has 5 atom stereocenters. The molecule has 0 aromatic carbocycles. The Hall–Kier alpha value is -0.450. The lowest BCUT2D eigenvalue weighted by Gasteiger charge is -2.29. The maximum atomic E-state index is 12.3. The van der Waals surface area contributed by atoms with Crippen molar-refractivity contribution < 1.29 is 20.1 Å². The van der Waals surface area contributed by atoms with Gasteiger partial charge in [-0.3, -0.25) is 4.79 Å². The van der Waals surface area contributed by atoms with Gasteiger partial charge in [0.2, 0.25) is 0 Å². The predicted octanol–water partition coefficient (Wildman–Crippen LogP) is 4.39. The molecule has 1 aliphatic carbocycles. The summed E-state index contributed by atoms with van der Waals surface area (Å²) in [6, 6.07) is 0. The van der Waals surface area contributed by atoms with Crippen LogP contribution in [-0.4, -0.2) is 38.9 Å². The number of hydrogen-bond acceptors (Lipinski definition) is 4. The van der Waals surface area contributed by atoms with Crippen molar-refractivity contribution in [3.63, 3.8) is 0 Å². The fourth-order valence-electron chi connectivity index (χ4n) is 4.33. The lowest BCUT2D eigenvalue weighted by Crippen LogP contribution is -2.35. The van der Waals surface area contributed by atoms with Gasteiger partial charge in [0.25, 0.3) is 0 Å². The van der Waals surface area contributed by atoms with Gasteiger partial charge in [-0.1, -0.05) is 65.2 Å². The van der Waals surface area contributed by atoms with Crippen LogP contribution in [0.25, 0.3) is 0 Å². The smallest absolute Gasteiger partial charge is 0.139 e. The Morgan fingerprint density at radius 3 is 2.31 bits per heavy atom. The molecule has 1 fully saturated rings. The van der Waals surface area contributed by atoms with E-state index in [1.165, 1.54) is 25.7 Å². The zero-order valence-corrected chi connectivity index (χ0v) is 17.3. The maximum absolute atomic E-state index is 12.3. The number of carbonyl (C=O) groups is 1. The van der Waals surface area contributed by atoms with E-state index in [0.29, 0.717) is 12.8 Å². The third kappa shape index (κ3) is 8.06. The monoisotopic (exact) mass is 370 g/mol. The van der Waals surface area contributed by atoms with Crippen LogP contribution in [0.4, 0.5) is 0 Å². The van der Waals surface area contributed by atoms with E-state index < -0.39 is 17.8 Å². The summed E-state index contributed by atoms with van der Waals surface area (Å²) < 4.78 is 0. The molecule has 0 heterocycles. The van der Waals surface area contributed by atoms with Gasteiger partial charge in [-0.2, -0.15) is 0 Å². The van der Waals surface area contributed by atoms with Gasteiger partial charge in [-0.05, 0) is 32.6 Å². The summed E-state index contributed by atoms with van der Waals surface area (Å²) >= 11 is 0. The highest BCUT2D eigenvalue weighted by atomic mass is 16.3. The van der Waals surface area contributed by atoms with Crippen molar-refractivity contribution in [3.8, 4) is 0 Å². The normalized spacial score (nSPS) is 26.8. The van der Waals surface area contributed by atoms with Crippen LogP contribution in [0, 0.1) is 11.8 Å². The molecule has 4 nitrogen and oxygen atoms in total. The SMILES string of the molecule is CCCCCCCC[C@H]1C(=O)C[C@@H](O)[C@@H]1C(O)CCC(C)(O)CCCC. The van der Waals surface area contributed by atoms with E-state index in [2.05, 4.69) is 13.8 Å². The molecule has 1 rings (SSSR count). The van der Waals surface area contributed by atoms with Crippen molar-refractivity contribution in [1.29, 1.82) is 0 Å². The molecule has 4 heteroatoms. The number of Topliss-reactive ketones (excluding diaryl/α,β-unsaturated/α-hetero) is 1. The van der Waals surface area contributed by atoms with E-state index in [1.807, 2.05) is 6.92 Å². The zero-order valence-electron chi connectivity index (χ0n) is 17.3. The van der Waals surface area contributed by atoms with E-state index >= 15 is 0 Å². The molecule has 0 aromatic heterocycles. The van der Waals surface area contributed by atoms with Crippen molar-refractivity contribution in [2.45, 2.75) is 122 Å². The molecule has 1 saturated carbocycles. The van der Waals surface area contributed by atoms with E-state index in [0.717, 1.165) is 38.5 Å². The molecule has 0 aromatic rings. The van der Waals surface area contributed by atoms with E-state index in [1.54, 1.807) is 0 Å². The average molecular weight is 371 g/mol. The van der Waals surface area contributed by atoms with Gasteiger partial charge in [0.05, 0.1) is 17.8 Å². The lowest BCUT2D eigenvalue weighted by molar-refractivity contribution is -0.122. The van der Waals surface area contributed by atoms with Crippen LogP contribution in [-0.2, 0) is 4.79 Å². The zero-order chi connectivity index (χ0) is 19.6. The van der Waals surface area contributed by atoms with Crippen molar-refractivity contribution >= 4 is 5.78 Å². The molecule has 0 saturated heterocycles. The molecule has 26 heavy (non-hydrogen) atoms. The first kappa shape index (κ1) is 23.6. The summed E-state index contributed by atoms with van der Waals surface area (Å²) in [5.41, 5.74) is -0.778. The van der Waals surface area contributed by atoms with Crippen LogP contribution in [0.2, 0.25) is 0 Å². The third-order valence-corrected chi connectivity index (χ3v) is 6.09. The first-order valence-corrected chi connectivity index (χ1v) is 10.9. The second-order valence-electron chi connectivity index (χ2n) is 8.68. The molecule has 0 spiro atoms. The van der Waals surface area contributed by atoms with E-state index in [-0.39, 0.29) is 24.0 Å². The quantitative estimate of drug-likeness (QED) is 0.396. The van der Waals surface area contributed by atoms with Crippen LogP contribution < -0.4 is 0 Å². The van der Waals surface area contributed by atoms with Crippen LogP contribution in [0.15, 0.2) is 0 Å². The highest BCUT2D eigenvalue weighted by molar-refractivity contribution is 5.84. The molecule has 154 valence electrons. The Morgan fingerprint density at radius 2 is 1.65 bits per heavy atom. The fourth-order valence-corrected chi connectivity index (χ4v) is 4.33. The number of aliphatic hydroxyl groups is 3. The topological polar surface area (TPSA) is 77.8 Å². The number of hydrogen-bond donors (Lipinski definition) is 3. The Morgan fingerprint density at radius 1 is 1.04 bits per heavy atom. The van der Waals surface area contributed by atoms with Crippen LogP contribution in [0.5, 0.6) is 0 Å². The predicted molar refractivity (Wildman–Crippen MR) is 106 cm³/mol. The number of carbonyl (C=O) groups excluding carboxylic acids is 1. The van der Waals surface area contributed by atoms with Crippen LogP contribution in [0.1, 0.15) is 104 Å².